The molecule has 0 aliphatic carbocycles. The Balaban J connectivity index is 2.30. The second-order valence-electron chi connectivity index (χ2n) is 5.68. The molecule has 0 aliphatic rings. The molecular weight excluding hydrogens is 452 g/mol. The molecule has 2 aromatic rings. The minimum absolute atomic E-state index is 0.364. The molecule has 8 nitrogen and oxygen atoms in total. The normalized spacial score (nSPS) is 10.9. The predicted molar refractivity (Wildman–Crippen MR) is 111 cm³/mol. The van der Waals surface area contributed by atoms with Gasteiger partial charge in [-0.3, -0.25) is 9.10 Å². The van der Waals surface area contributed by atoms with E-state index >= 15 is 0 Å². The Morgan fingerprint density at radius 3 is 2.11 bits per heavy atom. The Hall–Kier alpha value is -2.46. The van der Waals surface area contributed by atoms with Gasteiger partial charge in [0, 0.05) is 22.3 Å². The van der Waals surface area contributed by atoms with E-state index in [1.807, 2.05) is 0 Å². The van der Waals surface area contributed by atoms with Crippen molar-refractivity contribution in [3.63, 3.8) is 0 Å². The molecule has 1 amide bonds. The molecule has 0 aliphatic heterocycles. The Morgan fingerprint density at radius 2 is 1.64 bits per heavy atom. The predicted octanol–water partition coefficient (Wildman–Crippen LogP) is 2.88. The number of rotatable bonds is 8. The second-order valence-corrected chi connectivity index (χ2v) is 8.44. The first-order valence-corrected chi connectivity index (χ1v) is 10.7. The van der Waals surface area contributed by atoms with Gasteiger partial charge in [-0.05, 0) is 28.1 Å². The minimum Gasteiger partial charge on any atom is -0.493 e. The van der Waals surface area contributed by atoms with E-state index in [9.17, 15) is 13.2 Å². The molecule has 152 valence electrons. The summed E-state index contributed by atoms with van der Waals surface area (Å²) in [5.74, 6) is 0.579. The van der Waals surface area contributed by atoms with Crippen molar-refractivity contribution < 1.29 is 27.4 Å². The smallest absolute Gasteiger partial charge is 0.245 e. The molecule has 0 radical (unpaired) electrons. The number of carbonyl (C=O) groups is 1. The van der Waals surface area contributed by atoms with Crippen molar-refractivity contribution in [3.8, 4) is 17.2 Å². The van der Waals surface area contributed by atoms with Crippen LogP contribution < -0.4 is 23.8 Å². The highest BCUT2D eigenvalue weighted by Crippen LogP contribution is 2.40. The number of ether oxygens (including phenoxy) is 3. The van der Waals surface area contributed by atoms with E-state index in [4.69, 9.17) is 14.2 Å². The van der Waals surface area contributed by atoms with Gasteiger partial charge < -0.3 is 19.5 Å². The first-order valence-electron chi connectivity index (χ1n) is 8.03. The molecule has 2 rings (SSSR count). The summed E-state index contributed by atoms with van der Waals surface area (Å²) in [5.41, 5.74) is 0.741. The summed E-state index contributed by atoms with van der Waals surface area (Å²) in [7, 11) is 0.701. The van der Waals surface area contributed by atoms with Crippen molar-refractivity contribution in [3.05, 3.63) is 40.9 Å². The van der Waals surface area contributed by atoms with Gasteiger partial charge in [0.1, 0.15) is 6.54 Å². The number of halogens is 1. The Morgan fingerprint density at radius 1 is 1.07 bits per heavy atom. The maximum Gasteiger partial charge on any atom is 0.245 e. The highest BCUT2D eigenvalue weighted by molar-refractivity contribution is 9.10. The third-order valence-electron chi connectivity index (χ3n) is 3.76. The number of hydrogen-bond acceptors (Lipinski definition) is 6. The summed E-state index contributed by atoms with van der Waals surface area (Å²) in [6, 6.07) is 9.87. The lowest BCUT2D eigenvalue weighted by molar-refractivity contribution is -0.114. The van der Waals surface area contributed by atoms with Gasteiger partial charge in [-0.25, -0.2) is 8.42 Å². The van der Waals surface area contributed by atoms with Gasteiger partial charge in [-0.2, -0.15) is 0 Å². The van der Waals surface area contributed by atoms with Crippen molar-refractivity contribution >= 4 is 43.2 Å². The van der Waals surface area contributed by atoms with E-state index in [0.717, 1.165) is 10.6 Å². The maximum atomic E-state index is 12.6. The Kier molecular flexibility index (Phi) is 7.14. The summed E-state index contributed by atoms with van der Waals surface area (Å²) < 4.78 is 41.8. The van der Waals surface area contributed by atoms with Crippen LogP contribution in [0.15, 0.2) is 40.9 Å². The summed E-state index contributed by atoms with van der Waals surface area (Å²) in [4.78, 5) is 12.6. The van der Waals surface area contributed by atoms with Gasteiger partial charge in [0.25, 0.3) is 0 Å². The molecule has 0 saturated heterocycles. The summed E-state index contributed by atoms with van der Waals surface area (Å²) >= 11 is 3.31. The molecule has 0 heterocycles. The minimum atomic E-state index is -3.69. The number of nitrogens with one attached hydrogen (secondary N) is 1. The van der Waals surface area contributed by atoms with E-state index < -0.39 is 22.5 Å². The fourth-order valence-corrected chi connectivity index (χ4v) is 4.00. The standard InChI is InChI=1S/C18H21BrN2O6S/c1-25-15-9-12(10-16(26-2)18(15)27-3)20-17(22)11-21(28(4,23)24)14-8-6-5-7-13(14)19/h5-10H,11H2,1-4H3,(H,20,22). The van der Waals surface area contributed by atoms with Gasteiger partial charge in [0.15, 0.2) is 11.5 Å². The summed E-state index contributed by atoms with van der Waals surface area (Å²) in [6.07, 6.45) is 1.04. The van der Waals surface area contributed by atoms with Crippen molar-refractivity contribution in [2.75, 3.05) is 43.8 Å². The van der Waals surface area contributed by atoms with E-state index in [-0.39, 0.29) is 0 Å². The van der Waals surface area contributed by atoms with E-state index in [2.05, 4.69) is 21.2 Å². The highest BCUT2D eigenvalue weighted by Gasteiger charge is 2.23. The molecule has 0 atom stereocenters. The maximum absolute atomic E-state index is 12.6. The van der Waals surface area contributed by atoms with E-state index in [1.54, 1.807) is 36.4 Å². The molecule has 0 spiro atoms. The summed E-state index contributed by atoms with van der Waals surface area (Å²) in [6.45, 7) is -0.405. The Labute approximate surface area is 172 Å². The molecule has 0 fully saturated rings. The molecule has 28 heavy (non-hydrogen) atoms. The first-order chi connectivity index (χ1) is 13.2. The number of benzene rings is 2. The number of hydrogen-bond donors (Lipinski definition) is 1. The number of carbonyl (C=O) groups excluding carboxylic acids is 1. The largest absolute Gasteiger partial charge is 0.493 e. The van der Waals surface area contributed by atoms with Crippen LogP contribution in [0, 0.1) is 0 Å². The molecule has 0 aromatic heterocycles. The van der Waals surface area contributed by atoms with Gasteiger partial charge in [-0.1, -0.05) is 12.1 Å². The second kappa shape index (κ2) is 9.16. The third-order valence-corrected chi connectivity index (χ3v) is 5.55. The van der Waals surface area contributed by atoms with Crippen LogP contribution in [0.3, 0.4) is 0 Å². The number of anilines is 2. The Bertz CT molecular complexity index is 939. The lowest BCUT2D eigenvalue weighted by atomic mass is 10.2. The highest BCUT2D eigenvalue weighted by atomic mass is 79.9. The molecular formula is C18H21BrN2O6S. The topological polar surface area (TPSA) is 94.2 Å². The quantitative estimate of drug-likeness (QED) is 0.634. The number of para-hydroxylation sites is 1. The van der Waals surface area contributed by atoms with Crippen LogP contribution in [-0.2, 0) is 14.8 Å². The fourth-order valence-electron chi connectivity index (χ4n) is 2.52. The zero-order chi connectivity index (χ0) is 20.9. The lowest BCUT2D eigenvalue weighted by Crippen LogP contribution is -2.37. The summed E-state index contributed by atoms with van der Waals surface area (Å²) in [5, 5.41) is 2.66. The van der Waals surface area contributed by atoms with E-state index in [0.29, 0.717) is 33.1 Å². The van der Waals surface area contributed by atoms with Crippen LogP contribution in [0.5, 0.6) is 17.2 Å². The number of nitrogens with zero attached hydrogens (tertiary/aromatic N) is 1. The molecule has 0 saturated carbocycles. The lowest BCUT2D eigenvalue weighted by Gasteiger charge is -2.23. The molecule has 0 unspecified atom stereocenters. The van der Waals surface area contributed by atoms with Crippen molar-refractivity contribution in [2.45, 2.75) is 0 Å². The number of amides is 1. The van der Waals surface area contributed by atoms with Gasteiger partial charge in [0.2, 0.25) is 21.7 Å². The molecule has 1 N–H and O–H groups in total. The monoisotopic (exact) mass is 472 g/mol. The molecule has 10 heteroatoms. The first kappa shape index (κ1) is 21.8. The van der Waals surface area contributed by atoms with E-state index in [1.165, 1.54) is 21.3 Å². The third kappa shape index (κ3) is 5.08. The number of sulfonamides is 1. The number of methoxy groups -OCH3 is 3. The van der Waals surface area contributed by atoms with Crippen molar-refractivity contribution in [2.24, 2.45) is 0 Å². The molecule has 2 aromatic carbocycles. The van der Waals surface area contributed by atoms with Crippen LogP contribution in [-0.4, -0.2) is 48.5 Å². The zero-order valence-corrected chi connectivity index (χ0v) is 18.3. The van der Waals surface area contributed by atoms with Crippen LogP contribution in [0.1, 0.15) is 0 Å². The van der Waals surface area contributed by atoms with Crippen LogP contribution >= 0.6 is 15.9 Å². The van der Waals surface area contributed by atoms with Gasteiger partial charge in [0.05, 0.1) is 33.3 Å². The SMILES string of the molecule is COc1cc(NC(=O)CN(c2ccccc2Br)S(C)(=O)=O)cc(OC)c1OC. The zero-order valence-electron chi connectivity index (χ0n) is 15.9. The average molecular weight is 473 g/mol. The molecule has 0 bridgehead atoms. The van der Waals surface area contributed by atoms with Crippen LogP contribution in [0.25, 0.3) is 0 Å². The van der Waals surface area contributed by atoms with Crippen molar-refractivity contribution in [1.82, 2.24) is 0 Å². The van der Waals surface area contributed by atoms with Crippen molar-refractivity contribution in [1.29, 1.82) is 0 Å². The van der Waals surface area contributed by atoms with Gasteiger partial charge in [-0.15, -0.1) is 0 Å². The average Bonchev–Trinajstić information content (AvgIpc) is 2.65. The van der Waals surface area contributed by atoms with Crippen LogP contribution in [0.4, 0.5) is 11.4 Å². The van der Waals surface area contributed by atoms with Gasteiger partial charge >= 0.3 is 0 Å². The van der Waals surface area contributed by atoms with Crippen LogP contribution in [0.2, 0.25) is 0 Å². The fraction of sp³-hybridized carbons (Fsp3) is 0.278.